The largest absolute Gasteiger partial charge is 0.359 e. The van der Waals surface area contributed by atoms with E-state index >= 15 is 0 Å². The molecule has 0 unspecified atom stereocenters. The normalized spacial score (nSPS) is 10.7. The number of aryl methyl sites for hydroxylation is 1. The predicted octanol–water partition coefficient (Wildman–Crippen LogP) is 3.37. The molecular formula is C13H15BrN2. The molecule has 0 saturated heterocycles. The number of nitrogens with zero attached hydrogens (tertiary/aromatic N) is 2. The standard InChI is InChI=1S/C13H15BrN2/c1-10-9-11-5-3-4-6-12(11)15-13(10)16(2)8-7-14/h3-6,9H,7-8H2,1-2H3. The third-order valence-electron chi connectivity index (χ3n) is 2.67. The molecule has 0 atom stereocenters. The van der Waals surface area contributed by atoms with Gasteiger partial charge in [0.05, 0.1) is 5.52 Å². The van der Waals surface area contributed by atoms with Gasteiger partial charge < -0.3 is 4.90 Å². The molecule has 0 bridgehead atoms. The topological polar surface area (TPSA) is 16.1 Å². The van der Waals surface area contributed by atoms with Gasteiger partial charge in [0.2, 0.25) is 0 Å². The molecule has 1 aromatic heterocycles. The molecule has 0 amide bonds. The zero-order chi connectivity index (χ0) is 11.5. The van der Waals surface area contributed by atoms with Gasteiger partial charge in [-0.2, -0.15) is 0 Å². The van der Waals surface area contributed by atoms with Crippen molar-refractivity contribution in [2.75, 3.05) is 23.8 Å². The van der Waals surface area contributed by atoms with Crippen molar-refractivity contribution in [3.63, 3.8) is 0 Å². The first kappa shape index (κ1) is 11.4. The Balaban J connectivity index is 2.49. The maximum atomic E-state index is 4.70. The lowest BCUT2D eigenvalue weighted by Crippen LogP contribution is -2.21. The molecule has 0 aliphatic heterocycles. The number of fused-ring (bicyclic) bond motifs is 1. The molecule has 84 valence electrons. The lowest BCUT2D eigenvalue weighted by Gasteiger charge is -2.19. The third-order valence-corrected chi connectivity index (χ3v) is 3.02. The minimum atomic E-state index is 0.956. The van der Waals surface area contributed by atoms with Crippen LogP contribution < -0.4 is 4.90 Å². The second kappa shape index (κ2) is 4.83. The third kappa shape index (κ3) is 2.19. The summed E-state index contributed by atoms with van der Waals surface area (Å²) >= 11 is 3.45. The van der Waals surface area contributed by atoms with Gasteiger partial charge in [0.15, 0.2) is 0 Å². The second-order valence-electron chi connectivity index (χ2n) is 3.93. The monoisotopic (exact) mass is 278 g/mol. The van der Waals surface area contributed by atoms with Gasteiger partial charge in [-0.1, -0.05) is 34.1 Å². The molecule has 2 rings (SSSR count). The number of rotatable bonds is 3. The number of pyridine rings is 1. The summed E-state index contributed by atoms with van der Waals surface area (Å²) in [5.74, 6) is 1.07. The van der Waals surface area contributed by atoms with Crippen LogP contribution in [0, 0.1) is 6.92 Å². The van der Waals surface area contributed by atoms with E-state index in [2.05, 4.69) is 53.0 Å². The van der Waals surface area contributed by atoms with E-state index in [1.165, 1.54) is 10.9 Å². The van der Waals surface area contributed by atoms with Crippen molar-refractivity contribution in [2.45, 2.75) is 6.92 Å². The first-order chi connectivity index (χ1) is 7.72. The van der Waals surface area contributed by atoms with Gasteiger partial charge >= 0.3 is 0 Å². The molecule has 1 heterocycles. The van der Waals surface area contributed by atoms with Crippen LogP contribution >= 0.6 is 15.9 Å². The highest BCUT2D eigenvalue weighted by atomic mass is 79.9. The molecule has 2 aromatic rings. The van der Waals surface area contributed by atoms with Crippen molar-refractivity contribution in [2.24, 2.45) is 0 Å². The molecule has 0 spiro atoms. The highest BCUT2D eigenvalue weighted by Crippen LogP contribution is 2.21. The Bertz CT molecular complexity index is 496. The van der Waals surface area contributed by atoms with Crippen molar-refractivity contribution in [1.82, 2.24) is 4.98 Å². The summed E-state index contributed by atoms with van der Waals surface area (Å²) in [7, 11) is 2.07. The van der Waals surface area contributed by atoms with Crippen LogP contribution in [-0.4, -0.2) is 23.9 Å². The van der Waals surface area contributed by atoms with Crippen molar-refractivity contribution in [1.29, 1.82) is 0 Å². The molecule has 1 aromatic carbocycles. The number of halogens is 1. The maximum absolute atomic E-state index is 4.70. The van der Waals surface area contributed by atoms with Crippen molar-refractivity contribution in [3.05, 3.63) is 35.9 Å². The smallest absolute Gasteiger partial charge is 0.131 e. The van der Waals surface area contributed by atoms with Gasteiger partial charge in [-0.05, 0) is 24.6 Å². The fraction of sp³-hybridized carbons (Fsp3) is 0.308. The number of alkyl halides is 1. The molecule has 0 aliphatic carbocycles. The van der Waals surface area contributed by atoms with Crippen molar-refractivity contribution in [3.8, 4) is 0 Å². The highest BCUT2D eigenvalue weighted by molar-refractivity contribution is 9.09. The Morgan fingerprint density at radius 1 is 1.31 bits per heavy atom. The zero-order valence-corrected chi connectivity index (χ0v) is 11.2. The Labute approximate surface area is 104 Å². The number of para-hydroxylation sites is 1. The Kier molecular flexibility index (Phi) is 3.44. The van der Waals surface area contributed by atoms with E-state index in [1.54, 1.807) is 0 Å². The Hall–Kier alpha value is -1.09. The minimum Gasteiger partial charge on any atom is -0.359 e. The Morgan fingerprint density at radius 2 is 2.06 bits per heavy atom. The minimum absolute atomic E-state index is 0.956. The van der Waals surface area contributed by atoms with Crippen LogP contribution in [0.25, 0.3) is 10.9 Å². The van der Waals surface area contributed by atoms with Crippen LogP contribution in [0.1, 0.15) is 5.56 Å². The Morgan fingerprint density at radius 3 is 2.81 bits per heavy atom. The first-order valence-electron chi connectivity index (χ1n) is 5.36. The lowest BCUT2D eigenvalue weighted by molar-refractivity contribution is 0.948. The number of benzene rings is 1. The molecular weight excluding hydrogens is 264 g/mol. The molecule has 0 aliphatic rings. The summed E-state index contributed by atoms with van der Waals surface area (Å²) in [4.78, 5) is 6.88. The van der Waals surface area contributed by atoms with Crippen LogP contribution in [0.4, 0.5) is 5.82 Å². The fourth-order valence-electron chi connectivity index (χ4n) is 1.83. The quantitative estimate of drug-likeness (QED) is 0.801. The summed E-state index contributed by atoms with van der Waals surface area (Å²) in [6.45, 7) is 3.08. The molecule has 3 heteroatoms. The average Bonchev–Trinajstić information content (AvgIpc) is 2.28. The van der Waals surface area contributed by atoms with Gasteiger partial charge in [0.1, 0.15) is 5.82 Å². The SMILES string of the molecule is Cc1cc2ccccc2nc1N(C)CCBr. The summed E-state index contributed by atoms with van der Waals surface area (Å²) in [5, 5.41) is 2.16. The molecule has 16 heavy (non-hydrogen) atoms. The maximum Gasteiger partial charge on any atom is 0.131 e. The first-order valence-corrected chi connectivity index (χ1v) is 6.48. The number of hydrogen-bond acceptors (Lipinski definition) is 2. The summed E-state index contributed by atoms with van der Waals surface area (Å²) in [6.07, 6.45) is 0. The van der Waals surface area contributed by atoms with Crippen molar-refractivity contribution >= 4 is 32.7 Å². The van der Waals surface area contributed by atoms with E-state index in [4.69, 9.17) is 4.98 Å². The van der Waals surface area contributed by atoms with E-state index in [0.717, 1.165) is 23.2 Å². The van der Waals surface area contributed by atoms with Crippen molar-refractivity contribution < 1.29 is 0 Å². The highest BCUT2D eigenvalue weighted by Gasteiger charge is 2.07. The number of aromatic nitrogens is 1. The van der Waals surface area contributed by atoms with Crippen LogP contribution in [-0.2, 0) is 0 Å². The van der Waals surface area contributed by atoms with Gasteiger partial charge in [0, 0.05) is 24.3 Å². The van der Waals surface area contributed by atoms with Gasteiger partial charge in [-0.3, -0.25) is 0 Å². The number of anilines is 1. The molecule has 0 N–H and O–H groups in total. The number of hydrogen-bond donors (Lipinski definition) is 0. The average molecular weight is 279 g/mol. The van der Waals surface area contributed by atoms with Crippen LogP contribution in [0.2, 0.25) is 0 Å². The van der Waals surface area contributed by atoms with E-state index in [1.807, 2.05) is 12.1 Å². The van der Waals surface area contributed by atoms with E-state index in [9.17, 15) is 0 Å². The van der Waals surface area contributed by atoms with Gasteiger partial charge in [-0.25, -0.2) is 4.98 Å². The summed E-state index contributed by atoms with van der Waals surface area (Å²) in [6, 6.07) is 10.4. The van der Waals surface area contributed by atoms with E-state index in [0.29, 0.717) is 0 Å². The zero-order valence-electron chi connectivity index (χ0n) is 9.57. The lowest BCUT2D eigenvalue weighted by atomic mass is 10.1. The summed E-state index contributed by atoms with van der Waals surface area (Å²) in [5.41, 5.74) is 2.28. The van der Waals surface area contributed by atoms with E-state index < -0.39 is 0 Å². The molecule has 0 radical (unpaired) electrons. The van der Waals surface area contributed by atoms with Crippen LogP contribution in [0.3, 0.4) is 0 Å². The fourth-order valence-corrected chi connectivity index (χ4v) is 2.36. The van der Waals surface area contributed by atoms with Gasteiger partial charge in [-0.15, -0.1) is 0 Å². The van der Waals surface area contributed by atoms with E-state index in [-0.39, 0.29) is 0 Å². The molecule has 0 saturated carbocycles. The van der Waals surface area contributed by atoms with Gasteiger partial charge in [0.25, 0.3) is 0 Å². The predicted molar refractivity (Wildman–Crippen MR) is 73.5 cm³/mol. The van der Waals surface area contributed by atoms with Crippen LogP contribution in [0.15, 0.2) is 30.3 Å². The molecule has 0 fully saturated rings. The summed E-state index contributed by atoms with van der Waals surface area (Å²) < 4.78 is 0. The second-order valence-corrected chi connectivity index (χ2v) is 4.73. The van der Waals surface area contributed by atoms with Crippen LogP contribution in [0.5, 0.6) is 0 Å². The molecule has 2 nitrogen and oxygen atoms in total.